The third-order valence-electron chi connectivity index (χ3n) is 2.47. The van der Waals surface area contributed by atoms with Crippen molar-refractivity contribution in [2.75, 3.05) is 0 Å². The number of hydrogen-bond donors (Lipinski definition) is 0. The Kier molecular flexibility index (Phi) is 2.92. The van der Waals surface area contributed by atoms with Crippen molar-refractivity contribution in [2.45, 2.75) is 33.6 Å². The molecule has 0 nitrogen and oxygen atoms in total. The van der Waals surface area contributed by atoms with Gasteiger partial charge in [0.1, 0.15) is 0 Å². The summed E-state index contributed by atoms with van der Waals surface area (Å²) in [6, 6.07) is 6.81. The zero-order valence-corrected chi connectivity index (χ0v) is 7.67. The molecule has 0 bridgehead atoms. The van der Waals surface area contributed by atoms with Crippen LogP contribution in [0.1, 0.15) is 43.9 Å². The highest BCUT2D eigenvalue weighted by atomic mass is 14.1. The number of benzene rings is 1. The van der Waals surface area contributed by atoms with E-state index in [1.54, 1.807) is 0 Å². The van der Waals surface area contributed by atoms with E-state index in [-0.39, 0.29) is 7.43 Å². The Morgan fingerprint density at radius 1 is 1.23 bits per heavy atom. The summed E-state index contributed by atoms with van der Waals surface area (Å²) in [6.07, 6.45) is 5.57. The molecular weight excluding hydrogens is 156 g/mol. The largest absolute Gasteiger partial charge is 0.0795 e. The van der Waals surface area contributed by atoms with Crippen LogP contribution in [0.15, 0.2) is 24.3 Å². The fourth-order valence-electron chi connectivity index (χ4n) is 1.63. The normalized spacial score (nSPS) is 12.8. The van der Waals surface area contributed by atoms with E-state index in [2.05, 4.69) is 44.2 Å². The number of allylic oxidation sites excluding steroid dienone is 1. The van der Waals surface area contributed by atoms with Crippen LogP contribution in [0.4, 0.5) is 0 Å². The van der Waals surface area contributed by atoms with Gasteiger partial charge in [-0.25, -0.2) is 0 Å². The van der Waals surface area contributed by atoms with E-state index in [0.29, 0.717) is 5.92 Å². The summed E-state index contributed by atoms with van der Waals surface area (Å²) in [5, 5.41) is 0. The number of hydrogen-bond acceptors (Lipinski definition) is 0. The third kappa shape index (κ3) is 1.82. The van der Waals surface area contributed by atoms with Crippen LogP contribution < -0.4 is 0 Å². The minimum Gasteiger partial charge on any atom is -0.0795 e. The molecule has 1 aliphatic rings. The van der Waals surface area contributed by atoms with Crippen molar-refractivity contribution in [3.63, 3.8) is 0 Å². The van der Waals surface area contributed by atoms with E-state index >= 15 is 0 Å². The SMILES string of the molecule is C.CC(C)c1ccc2c(c1)C=CC2. The molecule has 1 aromatic rings. The predicted octanol–water partition coefficient (Wildman–Crippen LogP) is 4.02. The van der Waals surface area contributed by atoms with Crippen molar-refractivity contribution >= 4 is 6.08 Å². The Morgan fingerprint density at radius 2 is 2.00 bits per heavy atom. The van der Waals surface area contributed by atoms with E-state index in [1.165, 1.54) is 16.7 Å². The maximum atomic E-state index is 2.31. The molecule has 0 spiro atoms. The van der Waals surface area contributed by atoms with Crippen molar-refractivity contribution in [3.8, 4) is 0 Å². The van der Waals surface area contributed by atoms with Gasteiger partial charge in [0.05, 0.1) is 0 Å². The molecule has 2 rings (SSSR count). The van der Waals surface area contributed by atoms with Gasteiger partial charge in [0.2, 0.25) is 0 Å². The molecule has 13 heavy (non-hydrogen) atoms. The van der Waals surface area contributed by atoms with E-state index in [1.807, 2.05) is 0 Å². The Labute approximate surface area is 81.3 Å². The second-order valence-electron chi connectivity index (χ2n) is 3.72. The summed E-state index contributed by atoms with van der Waals surface area (Å²) in [6.45, 7) is 4.47. The topological polar surface area (TPSA) is 0 Å². The van der Waals surface area contributed by atoms with Gasteiger partial charge in [-0.2, -0.15) is 0 Å². The van der Waals surface area contributed by atoms with Gasteiger partial charge in [-0.15, -0.1) is 0 Å². The molecule has 0 atom stereocenters. The van der Waals surface area contributed by atoms with Gasteiger partial charge in [0.25, 0.3) is 0 Å². The first-order valence-corrected chi connectivity index (χ1v) is 4.57. The quantitative estimate of drug-likeness (QED) is 0.603. The zero-order chi connectivity index (χ0) is 8.55. The second kappa shape index (κ2) is 3.78. The molecule has 0 heterocycles. The molecular formula is C13H18. The maximum absolute atomic E-state index is 2.31. The molecule has 0 amide bonds. The van der Waals surface area contributed by atoms with Gasteiger partial charge in [0.15, 0.2) is 0 Å². The van der Waals surface area contributed by atoms with Crippen molar-refractivity contribution in [1.29, 1.82) is 0 Å². The minimum absolute atomic E-state index is 0. The average Bonchev–Trinajstić information content (AvgIpc) is 2.49. The summed E-state index contributed by atoms with van der Waals surface area (Å²) in [5.41, 5.74) is 4.33. The van der Waals surface area contributed by atoms with E-state index < -0.39 is 0 Å². The van der Waals surface area contributed by atoms with Crippen LogP contribution in [-0.2, 0) is 6.42 Å². The van der Waals surface area contributed by atoms with Gasteiger partial charge in [-0.05, 0) is 29.0 Å². The van der Waals surface area contributed by atoms with Gasteiger partial charge in [-0.1, -0.05) is 51.6 Å². The van der Waals surface area contributed by atoms with Crippen LogP contribution in [0.3, 0.4) is 0 Å². The fraction of sp³-hybridized carbons (Fsp3) is 0.385. The van der Waals surface area contributed by atoms with Crippen LogP contribution >= 0.6 is 0 Å². The molecule has 1 aromatic carbocycles. The van der Waals surface area contributed by atoms with E-state index in [9.17, 15) is 0 Å². The molecule has 0 aliphatic heterocycles. The smallest absolute Gasteiger partial charge is 0.00882 e. The van der Waals surface area contributed by atoms with Crippen molar-refractivity contribution < 1.29 is 0 Å². The van der Waals surface area contributed by atoms with Crippen LogP contribution in [0.25, 0.3) is 6.08 Å². The third-order valence-corrected chi connectivity index (χ3v) is 2.47. The van der Waals surface area contributed by atoms with E-state index in [0.717, 1.165) is 6.42 Å². The first-order chi connectivity index (χ1) is 5.77. The lowest BCUT2D eigenvalue weighted by molar-refractivity contribution is 0.865. The Balaban J connectivity index is 0.000000845. The molecule has 0 aromatic heterocycles. The lowest BCUT2D eigenvalue weighted by Gasteiger charge is -2.07. The molecule has 0 N–H and O–H groups in total. The second-order valence-corrected chi connectivity index (χ2v) is 3.72. The summed E-state index contributed by atoms with van der Waals surface area (Å²) in [5.74, 6) is 0.643. The maximum Gasteiger partial charge on any atom is -0.00882 e. The number of fused-ring (bicyclic) bond motifs is 1. The highest BCUT2D eigenvalue weighted by Crippen LogP contribution is 2.24. The Morgan fingerprint density at radius 3 is 2.69 bits per heavy atom. The minimum atomic E-state index is 0. The molecule has 70 valence electrons. The predicted molar refractivity (Wildman–Crippen MR) is 60.0 cm³/mol. The van der Waals surface area contributed by atoms with Crippen LogP contribution in [-0.4, -0.2) is 0 Å². The first kappa shape index (κ1) is 10.0. The molecule has 0 saturated heterocycles. The van der Waals surface area contributed by atoms with Gasteiger partial charge >= 0.3 is 0 Å². The van der Waals surface area contributed by atoms with Crippen molar-refractivity contribution in [2.24, 2.45) is 0 Å². The highest BCUT2D eigenvalue weighted by molar-refractivity contribution is 5.60. The Hall–Kier alpha value is -1.04. The van der Waals surface area contributed by atoms with Crippen molar-refractivity contribution in [3.05, 3.63) is 41.0 Å². The van der Waals surface area contributed by atoms with Crippen LogP contribution in [0.5, 0.6) is 0 Å². The number of rotatable bonds is 1. The Bertz CT molecular complexity index is 319. The zero-order valence-electron chi connectivity index (χ0n) is 7.67. The van der Waals surface area contributed by atoms with Crippen LogP contribution in [0.2, 0.25) is 0 Å². The lowest BCUT2D eigenvalue weighted by atomic mass is 9.99. The monoisotopic (exact) mass is 174 g/mol. The summed E-state index contributed by atoms with van der Waals surface area (Å²) in [4.78, 5) is 0. The molecule has 0 radical (unpaired) electrons. The van der Waals surface area contributed by atoms with Gasteiger partial charge < -0.3 is 0 Å². The van der Waals surface area contributed by atoms with E-state index in [4.69, 9.17) is 0 Å². The van der Waals surface area contributed by atoms with Crippen molar-refractivity contribution in [1.82, 2.24) is 0 Å². The summed E-state index contributed by atoms with van der Waals surface area (Å²) >= 11 is 0. The highest BCUT2D eigenvalue weighted by Gasteiger charge is 2.06. The van der Waals surface area contributed by atoms with Gasteiger partial charge in [0, 0.05) is 0 Å². The average molecular weight is 174 g/mol. The summed E-state index contributed by atoms with van der Waals surface area (Å²) in [7, 11) is 0. The molecule has 0 fully saturated rings. The lowest BCUT2D eigenvalue weighted by Crippen LogP contribution is -1.89. The molecule has 0 saturated carbocycles. The molecule has 0 unspecified atom stereocenters. The van der Waals surface area contributed by atoms with Crippen LogP contribution in [0, 0.1) is 0 Å². The molecule has 0 heteroatoms. The fourth-order valence-corrected chi connectivity index (χ4v) is 1.63. The molecule has 1 aliphatic carbocycles. The van der Waals surface area contributed by atoms with Gasteiger partial charge in [-0.3, -0.25) is 0 Å². The first-order valence-electron chi connectivity index (χ1n) is 4.57. The summed E-state index contributed by atoms with van der Waals surface area (Å²) < 4.78 is 0. The standard InChI is InChI=1S/C12H14.CH4/c1-9(2)11-7-6-10-4-3-5-12(10)8-11;/h3,5-9H,4H2,1-2H3;1H4.